The lowest BCUT2D eigenvalue weighted by molar-refractivity contribution is -0.143. The molecule has 2 saturated heterocycles. The Morgan fingerprint density at radius 2 is 2.15 bits per heavy atom. The van der Waals surface area contributed by atoms with Crippen molar-refractivity contribution >= 4 is 29.0 Å². The summed E-state index contributed by atoms with van der Waals surface area (Å²) in [4.78, 5) is 19.4. The Morgan fingerprint density at radius 3 is 2.92 bits per heavy atom. The first-order valence-electron chi connectivity index (χ1n) is 9.72. The lowest BCUT2D eigenvalue weighted by Gasteiger charge is -2.37. The van der Waals surface area contributed by atoms with Crippen LogP contribution in [0, 0.1) is 17.8 Å². The van der Waals surface area contributed by atoms with Crippen LogP contribution in [-0.4, -0.2) is 43.3 Å². The van der Waals surface area contributed by atoms with Crippen LogP contribution in [0.2, 0.25) is 0 Å². The molecule has 3 unspecified atom stereocenters. The standard InChI is InChI=1S/C21H27ClN2O2/c1-3-14-10-15-11-16(20(25)26-2)19-21(22,8-9-24(12-14)13-15)17-6-4-5-7-18(17)23-19/h4-7,14-16H,3,8-13H2,1-2H3/t14?,15-,16-,21?/m1/s1. The van der Waals surface area contributed by atoms with Crippen LogP contribution in [-0.2, 0) is 14.4 Å². The molecule has 4 rings (SSSR count). The second-order valence-corrected chi connectivity index (χ2v) is 8.66. The largest absolute Gasteiger partial charge is 0.469 e. The number of alkyl halides is 1. The molecule has 0 radical (unpaired) electrons. The minimum Gasteiger partial charge on any atom is -0.469 e. The van der Waals surface area contributed by atoms with E-state index in [0.717, 1.165) is 49.4 Å². The molecule has 5 heteroatoms. The normalized spacial score (nSPS) is 36.0. The molecular formula is C21H27ClN2O2. The van der Waals surface area contributed by atoms with Crippen LogP contribution >= 0.6 is 11.6 Å². The molecule has 3 heterocycles. The number of hydrogen-bond acceptors (Lipinski definition) is 4. The third-order valence-electron chi connectivity index (χ3n) is 6.41. The molecule has 1 aromatic carbocycles. The third kappa shape index (κ3) is 2.97. The van der Waals surface area contributed by atoms with Crippen LogP contribution in [0.1, 0.15) is 38.2 Å². The molecule has 2 fully saturated rings. The van der Waals surface area contributed by atoms with E-state index in [1.807, 2.05) is 18.2 Å². The lowest BCUT2D eigenvalue weighted by atomic mass is 9.79. The fourth-order valence-corrected chi connectivity index (χ4v) is 5.48. The summed E-state index contributed by atoms with van der Waals surface area (Å²) in [6.07, 6.45) is 3.92. The number of aliphatic imine (C=N–C) groups is 1. The first-order chi connectivity index (χ1) is 12.5. The van der Waals surface area contributed by atoms with Gasteiger partial charge in [0.2, 0.25) is 0 Å². The Labute approximate surface area is 160 Å². The second kappa shape index (κ2) is 6.97. The predicted octanol–water partition coefficient (Wildman–Crippen LogP) is 4.14. The lowest BCUT2D eigenvalue weighted by Crippen LogP contribution is -2.41. The van der Waals surface area contributed by atoms with Crippen LogP contribution in [0.4, 0.5) is 5.69 Å². The van der Waals surface area contributed by atoms with Gasteiger partial charge < -0.3 is 9.64 Å². The van der Waals surface area contributed by atoms with Gasteiger partial charge >= 0.3 is 5.97 Å². The van der Waals surface area contributed by atoms with E-state index in [1.54, 1.807) is 0 Å². The minimum absolute atomic E-state index is 0.200. The fraction of sp³-hybridized carbons (Fsp3) is 0.619. The average Bonchev–Trinajstić information content (AvgIpc) is 2.97. The highest BCUT2D eigenvalue weighted by atomic mass is 35.5. The number of ether oxygens (including phenoxy) is 1. The van der Waals surface area contributed by atoms with E-state index in [4.69, 9.17) is 21.3 Å². The van der Waals surface area contributed by atoms with Crippen molar-refractivity contribution in [2.24, 2.45) is 22.7 Å². The Bertz CT molecular complexity index is 734. The van der Waals surface area contributed by atoms with E-state index in [-0.39, 0.29) is 11.9 Å². The van der Waals surface area contributed by atoms with Crippen molar-refractivity contribution in [2.45, 2.75) is 37.5 Å². The number of para-hydroxylation sites is 1. The molecule has 0 aliphatic carbocycles. The molecule has 5 atom stereocenters. The van der Waals surface area contributed by atoms with Crippen molar-refractivity contribution in [1.82, 2.24) is 4.90 Å². The summed E-state index contributed by atoms with van der Waals surface area (Å²) in [6.45, 7) is 5.39. The van der Waals surface area contributed by atoms with E-state index in [1.165, 1.54) is 20.0 Å². The third-order valence-corrected chi connectivity index (χ3v) is 7.00. The van der Waals surface area contributed by atoms with Gasteiger partial charge in [0.15, 0.2) is 0 Å². The average molecular weight is 375 g/mol. The van der Waals surface area contributed by atoms with Gasteiger partial charge in [-0.1, -0.05) is 31.5 Å². The quantitative estimate of drug-likeness (QED) is 0.577. The first kappa shape index (κ1) is 18.0. The summed E-state index contributed by atoms with van der Waals surface area (Å²) in [6, 6.07) is 8.04. The highest BCUT2D eigenvalue weighted by Gasteiger charge is 2.49. The van der Waals surface area contributed by atoms with Gasteiger partial charge in [-0.15, -0.1) is 11.6 Å². The van der Waals surface area contributed by atoms with E-state index < -0.39 is 4.87 Å². The van der Waals surface area contributed by atoms with Crippen molar-refractivity contribution in [3.63, 3.8) is 0 Å². The van der Waals surface area contributed by atoms with E-state index >= 15 is 0 Å². The van der Waals surface area contributed by atoms with Gasteiger partial charge in [0.25, 0.3) is 0 Å². The molecule has 0 saturated carbocycles. The van der Waals surface area contributed by atoms with Crippen LogP contribution in [0.25, 0.3) is 0 Å². The Kier molecular flexibility index (Phi) is 4.83. The molecule has 3 aliphatic rings. The molecular weight excluding hydrogens is 348 g/mol. The number of nitrogens with zero attached hydrogens (tertiary/aromatic N) is 2. The summed E-state index contributed by atoms with van der Waals surface area (Å²) >= 11 is 7.24. The number of hydrogen-bond donors (Lipinski definition) is 0. The van der Waals surface area contributed by atoms with Crippen molar-refractivity contribution in [3.8, 4) is 0 Å². The van der Waals surface area contributed by atoms with Crippen LogP contribution < -0.4 is 0 Å². The molecule has 2 bridgehead atoms. The van der Waals surface area contributed by atoms with E-state index in [9.17, 15) is 4.79 Å². The zero-order valence-corrected chi connectivity index (χ0v) is 16.3. The maximum absolute atomic E-state index is 12.7. The smallest absolute Gasteiger partial charge is 0.314 e. The minimum atomic E-state index is -0.700. The van der Waals surface area contributed by atoms with Gasteiger partial charge in [0, 0.05) is 25.2 Å². The number of halogens is 1. The summed E-state index contributed by atoms with van der Waals surface area (Å²) in [7, 11) is 1.47. The fourth-order valence-electron chi connectivity index (χ4n) is 5.06. The summed E-state index contributed by atoms with van der Waals surface area (Å²) < 4.78 is 5.18. The molecule has 0 amide bonds. The number of methoxy groups -OCH3 is 1. The molecule has 1 aromatic rings. The van der Waals surface area contributed by atoms with Crippen molar-refractivity contribution in [2.75, 3.05) is 26.7 Å². The van der Waals surface area contributed by atoms with Gasteiger partial charge in [-0.05, 0) is 37.2 Å². The second-order valence-electron chi connectivity index (χ2n) is 8.01. The van der Waals surface area contributed by atoms with E-state index in [2.05, 4.69) is 17.9 Å². The number of rotatable bonds is 2. The summed E-state index contributed by atoms with van der Waals surface area (Å²) in [5.41, 5.74) is 2.74. The number of carbonyl (C=O) groups is 1. The number of carbonyl (C=O) groups excluding carboxylic acids is 1. The van der Waals surface area contributed by atoms with Crippen molar-refractivity contribution in [1.29, 1.82) is 0 Å². The number of esters is 1. The van der Waals surface area contributed by atoms with Gasteiger partial charge in [-0.25, -0.2) is 0 Å². The van der Waals surface area contributed by atoms with Gasteiger partial charge in [-0.2, -0.15) is 0 Å². The van der Waals surface area contributed by atoms with Crippen LogP contribution in [0.3, 0.4) is 0 Å². The van der Waals surface area contributed by atoms with Crippen LogP contribution in [0.15, 0.2) is 29.3 Å². The molecule has 0 N–H and O–H groups in total. The van der Waals surface area contributed by atoms with Gasteiger partial charge in [0.05, 0.1) is 24.4 Å². The highest BCUT2D eigenvalue weighted by Crippen LogP contribution is 2.49. The first-order valence-corrected chi connectivity index (χ1v) is 10.1. The predicted molar refractivity (Wildman–Crippen MR) is 104 cm³/mol. The Morgan fingerprint density at radius 1 is 1.35 bits per heavy atom. The zero-order chi connectivity index (χ0) is 18.3. The molecule has 0 spiro atoms. The van der Waals surface area contributed by atoms with E-state index in [0.29, 0.717) is 11.8 Å². The highest BCUT2D eigenvalue weighted by molar-refractivity contribution is 6.39. The molecule has 4 nitrogen and oxygen atoms in total. The number of benzene rings is 1. The van der Waals surface area contributed by atoms with Crippen LogP contribution in [0.5, 0.6) is 0 Å². The number of piperidine rings is 1. The topological polar surface area (TPSA) is 41.9 Å². The molecule has 26 heavy (non-hydrogen) atoms. The Hall–Kier alpha value is -1.39. The number of fused-ring (bicyclic) bond motifs is 5. The molecule has 0 aromatic heterocycles. The maximum Gasteiger partial charge on any atom is 0.314 e. The maximum atomic E-state index is 12.7. The molecule has 140 valence electrons. The molecule has 3 aliphatic heterocycles. The Balaban J connectivity index is 1.77. The monoisotopic (exact) mass is 374 g/mol. The van der Waals surface area contributed by atoms with Crippen molar-refractivity contribution in [3.05, 3.63) is 29.8 Å². The van der Waals surface area contributed by atoms with Gasteiger partial charge in [0.1, 0.15) is 4.87 Å². The zero-order valence-electron chi connectivity index (χ0n) is 15.6. The van der Waals surface area contributed by atoms with Gasteiger partial charge in [-0.3, -0.25) is 9.79 Å². The van der Waals surface area contributed by atoms with Crippen molar-refractivity contribution < 1.29 is 9.53 Å². The summed E-state index contributed by atoms with van der Waals surface area (Å²) in [5, 5.41) is 0. The SMILES string of the molecule is CCC1C[C@@H]2C[C@@H](C(=O)OC)C3=Nc4ccccc4C3(Cl)CCN(C1)C2. The summed E-state index contributed by atoms with van der Waals surface area (Å²) in [5.74, 6) is 0.632.